The van der Waals surface area contributed by atoms with Crippen LogP contribution in [0.1, 0.15) is 6.92 Å². The van der Waals surface area contributed by atoms with Gasteiger partial charge in [-0.15, -0.1) is 0 Å². The summed E-state index contributed by atoms with van der Waals surface area (Å²) in [7, 11) is 0. The first-order chi connectivity index (χ1) is 7.59. The zero-order valence-corrected chi connectivity index (χ0v) is 10.7. The minimum absolute atomic E-state index is 0.411. The molecule has 0 spiro atoms. The van der Waals surface area contributed by atoms with Gasteiger partial charge in [0.1, 0.15) is 6.04 Å². The Morgan fingerprint density at radius 3 is 2.81 bits per heavy atom. The summed E-state index contributed by atoms with van der Waals surface area (Å²) in [6, 6.07) is -1.26. The molecule has 3 N–H and O–H groups in total. The quantitative estimate of drug-likeness (QED) is 0.693. The molecule has 1 aliphatic heterocycles. The summed E-state index contributed by atoms with van der Waals surface area (Å²) in [5.74, 6) is 2.30. The molecule has 1 fully saturated rings. The Balaban J connectivity index is 2.16. The number of hydrogen-bond acceptors (Lipinski definition) is 4. The van der Waals surface area contributed by atoms with Crippen molar-refractivity contribution in [2.24, 2.45) is 0 Å². The predicted molar refractivity (Wildman–Crippen MR) is 67.2 cm³/mol. The molecule has 0 aromatic carbocycles. The van der Waals surface area contributed by atoms with E-state index in [4.69, 9.17) is 5.11 Å². The number of carbonyl (C=O) groups excluding carboxylic acids is 1. The average Bonchev–Trinajstić information content (AvgIpc) is 2.27. The van der Waals surface area contributed by atoms with Crippen LogP contribution < -0.4 is 10.6 Å². The first-order valence-electron chi connectivity index (χ1n) is 5.06. The first kappa shape index (κ1) is 13.5. The number of urea groups is 1. The topological polar surface area (TPSA) is 78.4 Å². The Labute approximate surface area is 103 Å². The van der Waals surface area contributed by atoms with Crippen molar-refractivity contribution in [3.8, 4) is 0 Å². The Hall–Kier alpha value is -0.560. The summed E-state index contributed by atoms with van der Waals surface area (Å²) in [5.41, 5.74) is 0. The van der Waals surface area contributed by atoms with Gasteiger partial charge < -0.3 is 15.7 Å². The second-order valence-corrected chi connectivity index (χ2v) is 6.04. The third-order valence-corrected chi connectivity index (χ3v) is 4.94. The van der Waals surface area contributed by atoms with E-state index >= 15 is 0 Å². The number of carboxylic acids is 1. The van der Waals surface area contributed by atoms with Crippen LogP contribution in [0.15, 0.2) is 0 Å². The highest BCUT2D eigenvalue weighted by atomic mass is 32.2. The van der Waals surface area contributed by atoms with Gasteiger partial charge in [0.25, 0.3) is 0 Å². The van der Waals surface area contributed by atoms with Crippen LogP contribution in [0.5, 0.6) is 0 Å². The molecule has 16 heavy (non-hydrogen) atoms. The summed E-state index contributed by atoms with van der Waals surface area (Å²) < 4.78 is 0. The lowest BCUT2D eigenvalue weighted by molar-refractivity contribution is -0.138. The van der Waals surface area contributed by atoms with Crippen molar-refractivity contribution in [1.29, 1.82) is 0 Å². The van der Waals surface area contributed by atoms with Crippen molar-refractivity contribution in [3.63, 3.8) is 0 Å². The van der Waals surface area contributed by atoms with Crippen molar-refractivity contribution >= 4 is 35.5 Å². The highest BCUT2D eigenvalue weighted by Crippen LogP contribution is 2.23. The molecule has 1 aliphatic rings. The van der Waals surface area contributed by atoms with Crippen LogP contribution in [0.4, 0.5) is 4.79 Å². The Bertz CT molecular complexity index is 257. The normalized spacial score (nSPS) is 22.2. The Kier molecular flexibility index (Phi) is 5.83. The van der Waals surface area contributed by atoms with Gasteiger partial charge in [0, 0.05) is 29.1 Å². The van der Waals surface area contributed by atoms with Gasteiger partial charge in [0.15, 0.2) is 0 Å². The summed E-state index contributed by atoms with van der Waals surface area (Å²) in [5, 5.41) is 14.1. The van der Waals surface area contributed by atoms with E-state index in [0.717, 1.165) is 11.5 Å². The molecule has 2 unspecified atom stereocenters. The lowest BCUT2D eigenvalue weighted by Crippen LogP contribution is -2.46. The van der Waals surface area contributed by atoms with Gasteiger partial charge in [0.05, 0.1) is 0 Å². The van der Waals surface area contributed by atoms with Gasteiger partial charge in [-0.25, -0.2) is 4.79 Å². The number of amides is 2. The average molecular weight is 264 g/mol. The monoisotopic (exact) mass is 264 g/mol. The van der Waals surface area contributed by atoms with Crippen LogP contribution in [-0.4, -0.2) is 52.2 Å². The van der Waals surface area contributed by atoms with Crippen LogP contribution in [0, 0.1) is 0 Å². The number of aliphatic carboxylic acids is 1. The molecular weight excluding hydrogens is 248 g/mol. The minimum Gasteiger partial charge on any atom is -0.480 e. The van der Waals surface area contributed by atoms with E-state index < -0.39 is 18.0 Å². The molecule has 7 heteroatoms. The van der Waals surface area contributed by atoms with Gasteiger partial charge in [-0.05, 0) is 6.92 Å². The largest absolute Gasteiger partial charge is 0.480 e. The molecule has 5 nitrogen and oxygen atoms in total. The third kappa shape index (κ3) is 4.98. The van der Waals surface area contributed by atoms with E-state index in [-0.39, 0.29) is 0 Å². The van der Waals surface area contributed by atoms with Crippen molar-refractivity contribution in [2.75, 3.05) is 23.8 Å². The van der Waals surface area contributed by atoms with Crippen LogP contribution in [-0.2, 0) is 4.79 Å². The lowest BCUT2D eigenvalue weighted by atomic mass is 10.3. The maximum atomic E-state index is 11.3. The molecule has 0 aliphatic carbocycles. The molecule has 1 rings (SSSR count). The van der Waals surface area contributed by atoms with Crippen molar-refractivity contribution in [2.45, 2.75) is 18.2 Å². The van der Waals surface area contributed by atoms with Crippen molar-refractivity contribution in [3.05, 3.63) is 0 Å². The molecular formula is C9H16N2O3S2. The van der Waals surface area contributed by atoms with Gasteiger partial charge in [0.2, 0.25) is 0 Å². The molecule has 0 aromatic heterocycles. The molecule has 0 bridgehead atoms. The molecule has 92 valence electrons. The van der Waals surface area contributed by atoms with E-state index in [1.165, 1.54) is 12.7 Å². The molecule has 2 amide bonds. The van der Waals surface area contributed by atoms with E-state index in [1.807, 2.05) is 23.5 Å². The summed E-state index contributed by atoms with van der Waals surface area (Å²) in [6.07, 6.45) is 0. The van der Waals surface area contributed by atoms with E-state index in [0.29, 0.717) is 11.8 Å². The fraction of sp³-hybridized carbons (Fsp3) is 0.778. The Morgan fingerprint density at radius 1 is 1.50 bits per heavy atom. The highest BCUT2D eigenvalue weighted by molar-refractivity contribution is 8.06. The zero-order chi connectivity index (χ0) is 12.0. The van der Waals surface area contributed by atoms with Crippen LogP contribution in [0.3, 0.4) is 0 Å². The maximum absolute atomic E-state index is 11.3. The SMILES string of the molecule is CC(NC(=O)NCC1CSCCS1)C(=O)O. The fourth-order valence-corrected chi connectivity index (χ4v) is 3.78. The minimum atomic E-state index is -1.03. The van der Waals surface area contributed by atoms with Gasteiger partial charge in [-0.3, -0.25) is 4.79 Å². The van der Waals surface area contributed by atoms with Crippen molar-refractivity contribution in [1.82, 2.24) is 10.6 Å². The van der Waals surface area contributed by atoms with E-state index in [1.54, 1.807) is 0 Å². The molecule has 0 aromatic rings. The number of carbonyl (C=O) groups is 2. The smallest absolute Gasteiger partial charge is 0.325 e. The Morgan fingerprint density at radius 2 is 2.25 bits per heavy atom. The number of hydrogen-bond donors (Lipinski definition) is 3. The summed E-state index contributed by atoms with van der Waals surface area (Å²) in [4.78, 5) is 21.8. The number of rotatable bonds is 4. The van der Waals surface area contributed by atoms with E-state index in [9.17, 15) is 9.59 Å². The maximum Gasteiger partial charge on any atom is 0.325 e. The van der Waals surface area contributed by atoms with E-state index in [2.05, 4.69) is 10.6 Å². The van der Waals surface area contributed by atoms with Crippen LogP contribution in [0.2, 0.25) is 0 Å². The lowest BCUT2D eigenvalue weighted by Gasteiger charge is -2.21. The van der Waals surface area contributed by atoms with Gasteiger partial charge >= 0.3 is 12.0 Å². The predicted octanol–water partition coefficient (Wildman–Crippen LogP) is 0.607. The number of carboxylic acid groups (broad SMARTS) is 1. The second-order valence-electron chi connectivity index (χ2n) is 3.48. The fourth-order valence-electron chi connectivity index (χ4n) is 1.17. The highest BCUT2D eigenvalue weighted by Gasteiger charge is 2.17. The van der Waals surface area contributed by atoms with Crippen LogP contribution >= 0.6 is 23.5 Å². The molecule has 2 atom stereocenters. The summed E-state index contributed by atoms with van der Waals surface area (Å²) >= 11 is 3.74. The van der Waals surface area contributed by atoms with Gasteiger partial charge in [-0.2, -0.15) is 23.5 Å². The summed E-state index contributed by atoms with van der Waals surface area (Å²) in [6.45, 7) is 2.03. The van der Waals surface area contributed by atoms with Crippen LogP contribution in [0.25, 0.3) is 0 Å². The third-order valence-electron chi connectivity index (χ3n) is 2.09. The number of thioether (sulfide) groups is 2. The van der Waals surface area contributed by atoms with Gasteiger partial charge in [-0.1, -0.05) is 0 Å². The molecule has 0 radical (unpaired) electrons. The number of nitrogens with one attached hydrogen (secondary N) is 2. The second kappa shape index (κ2) is 6.90. The standard InChI is InChI=1S/C9H16N2O3S2/c1-6(8(12)13)11-9(14)10-4-7-5-15-2-3-16-7/h6-7H,2-5H2,1H3,(H,12,13)(H2,10,11,14). The molecule has 1 heterocycles. The van der Waals surface area contributed by atoms with Crippen molar-refractivity contribution < 1.29 is 14.7 Å². The zero-order valence-electron chi connectivity index (χ0n) is 9.06. The molecule has 1 saturated heterocycles. The molecule has 0 saturated carbocycles. The first-order valence-corrected chi connectivity index (χ1v) is 7.26.